The highest BCUT2D eigenvalue weighted by molar-refractivity contribution is 5.98. The Labute approximate surface area is 147 Å². The van der Waals surface area contributed by atoms with E-state index in [-0.39, 0.29) is 24.3 Å². The molecule has 0 bridgehead atoms. The fraction of sp³-hybridized carbons (Fsp3) is 0.500. The molecule has 0 atom stereocenters. The number of carbonyl (C=O) groups excluding carboxylic acids is 3. The largest absolute Gasteiger partial charge is 0.336 e. The minimum Gasteiger partial charge on any atom is -0.336 e. The molecule has 2 N–H and O–H groups in total. The quantitative estimate of drug-likeness (QED) is 0.845. The maximum atomic E-state index is 12.6. The molecule has 25 heavy (non-hydrogen) atoms. The smallest absolute Gasteiger partial charge is 0.254 e. The summed E-state index contributed by atoms with van der Waals surface area (Å²) in [7, 11) is 0. The van der Waals surface area contributed by atoms with Gasteiger partial charge in [0.15, 0.2) is 0 Å². The van der Waals surface area contributed by atoms with Crippen molar-refractivity contribution in [3.05, 3.63) is 29.8 Å². The Balaban J connectivity index is 1.60. The van der Waals surface area contributed by atoms with Crippen LogP contribution in [0.2, 0.25) is 0 Å². The first-order valence-corrected chi connectivity index (χ1v) is 8.71. The third-order valence-corrected chi connectivity index (χ3v) is 4.75. The number of hydrogen-bond acceptors (Lipinski definition) is 4. The Hall–Kier alpha value is -2.41. The highest BCUT2D eigenvalue weighted by Crippen LogP contribution is 2.18. The second-order valence-electron chi connectivity index (χ2n) is 6.55. The number of carbonyl (C=O) groups is 3. The van der Waals surface area contributed by atoms with Crippen molar-refractivity contribution in [2.45, 2.75) is 25.8 Å². The third kappa shape index (κ3) is 4.17. The van der Waals surface area contributed by atoms with Crippen molar-refractivity contribution in [3.63, 3.8) is 0 Å². The summed E-state index contributed by atoms with van der Waals surface area (Å²) >= 11 is 0. The van der Waals surface area contributed by atoms with E-state index in [2.05, 4.69) is 10.6 Å². The molecule has 1 aromatic carbocycles. The molecule has 2 saturated heterocycles. The molecule has 2 heterocycles. The molecule has 0 spiro atoms. The van der Waals surface area contributed by atoms with E-state index in [1.165, 1.54) is 6.92 Å². The second-order valence-corrected chi connectivity index (χ2v) is 6.55. The molecule has 0 aromatic heterocycles. The summed E-state index contributed by atoms with van der Waals surface area (Å²) in [5, 5.41) is 5.97. The van der Waals surface area contributed by atoms with Gasteiger partial charge in [-0.1, -0.05) is 0 Å². The van der Waals surface area contributed by atoms with E-state index in [4.69, 9.17) is 0 Å². The number of piperidine rings is 1. The average Bonchev–Trinajstić information content (AvgIpc) is 2.62. The summed E-state index contributed by atoms with van der Waals surface area (Å²) in [6.45, 7) is 4.61. The molecule has 3 rings (SSSR count). The summed E-state index contributed by atoms with van der Waals surface area (Å²) in [5.74, 6) is -0.271. The zero-order valence-corrected chi connectivity index (χ0v) is 14.5. The Bertz CT molecular complexity index is 653. The van der Waals surface area contributed by atoms with E-state index < -0.39 is 0 Å². The van der Waals surface area contributed by atoms with Crippen molar-refractivity contribution in [2.75, 3.05) is 38.0 Å². The van der Waals surface area contributed by atoms with Gasteiger partial charge in [-0.05, 0) is 50.2 Å². The Morgan fingerprint density at radius 1 is 1.12 bits per heavy atom. The second kappa shape index (κ2) is 7.65. The van der Waals surface area contributed by atoms with E-state index in [1.807, 2.05) is 4.90 Å². The van der Waals surface area contributed by atoms with Gasteiger partial charge in [0.2, 0.25) is 11.8 Å². The van der Waals surface area contributed by atoms with Crippen molar-refractivity contribution in [1.82, 2.24) is 15.1 Å². The van der Waals surface area contributed by atoms with Gasteiger partial charge in [-0.2, -0.15) is 0 Å². The molecule has 0 aliphatic carbocycles. The van der Waals surface area contributed by atoms with Crippen molar-refractivity contribution in [1.29, 1.82) is 0 Å². The summed E-state index contributed by atoms with van der Waals surface area (Å²) in [6.07, 6.45) is 1.95. The number of anilines is 1. The molecule has 0 saturated carbocycles. The van der Waals surface area contributed by atoms with Gasteiger partial charge in [-0.3, -0.25) is 14.4 Å². The Morgan fingerprint density at radius 2 is 1.80 bits per heavy atom. The maximum Gasteiger partial charge on any atom is 0.254 e. The Morgan fingerprint density at radius 3 is 2.40 bits per heavy atom. The molecule has 2 aliphatic heterocycles. The summed E-state index contributed by atoms with van der Waals surface area (Å²) in [5.41, 5.74) is 1.17. The van der Waals surface area contributed by atoms with Crippen molar-refractivity contribution >= 4 is 23.4 Å². The van der Waals surface area contributed by atoms with Crippen LogP contribution >= 0.6 is 0 Å². The number of benzene rings is 1. The van der Waals surface area contributed by atoms with Crippen LogP contribution in [-0.2, 0) is 9.59 Å². The van der Waals surface area contributed by atoms with Gasteiger partial charge in [0.25, 0.3) is 5.91 Å². The van der Waals surface area contributed by atoms with E-state index in [0.717, 1.165) is 25.9 Å². The van der Waals surface area contributed by atoms with Gasteiger partial charge in [-0.25, -0.2) is 0 Å². The van der Waals surface area contributed by atoms with E-state index in [9.17, 15) is 14.4 Å². The predicted octanol–water partition coefficient (Wildman–Crippen LogP) is 0.681. The highest BCUT2D eigenvalue weighted by Gasteiger charge is 2.32. The van der Waals surface area contributed by atoms with Crippen LogP contribution in [0.3, 0.4) is 0 Å². The fourth-order valence-electron chi connectivity index (χ4n) is 3.45. The van der Waals surface area contributed by atoms with Crippen LogP contribution in [0.4, 0.5) is 5.69 Å². The molecule has 0 radical (unpaired) electrons. The third-order valence-electron chi connectivity index (χ3n) is 4.75. The molecule has 7 heteroatoms. The van der Waals surface area contributed by atoms with Gasteiger partial charge in [0.05, 0.1) is 0 Å². The maximum absolute atomic E-state index is 12.6. The van der Waals surface area contributed by atoms with Gasteiger partial charge < -0.3 is 20.4 Å². The van der Waals surface area contributed by atoms with Gasteiger partial charge in [0, 0.05) is 37.3 Å². The van der Waals surface area contributed by atoms with Crippen molar-refractivity contribution in [3.8, 4) is 0 Å². The molecule has 1 aromatic rings. The minimum atomic E-state index is -0.154. The molecule has 2 aliphatic rings. The summed E-state index contributed by atoms with van der Waals surface area (Å²) in [4.78, 5) is 39.7. The number of nitrogens with zero attached hydrogens (tertiary/aromatic N) is 2. The van der Waals surface area contributed by atoms with Crippen molar-refractivity contribution in [2.24, 2.45) is 0 Å². The van der Waals surface area contributed by atoms with Crippen LogP contribution in [0.15, 0.2) is 24.3 Å². The minimum absolute atomic E-state index is 0.0290. The molecular weight excluding hydrogens is 320 g/mol. The number of amides is 3. The molecule has 2 fully saturated rings. The lowest BCUT2D eigenvalue weighted by Gasteiger charge is -2.40. The van der Waals surface area contributed by atoms with Crippen LogP contribution in [0.1, 0.15) is 30.1 Å². The van der Waals surface area contributed by atoms with Crippen LogP contribution in [0.5, 0.6) is 0 Å². The molecule has 3 amide bonds. The molecule has 134 valence electrons. The standard InChI is InChI=1S/C18H24N4O3/c1-13(23)20-15-4-2-14(3-5-15)18(25)21-10-11-22(17(24)12-21)16-6-8-19-9-7-16/h2-5,16,19H,6-12H2,1H3,(H,20,23). The van der Waals surface area contributed by atoms with Gasteiger partial charge >= 0.3 is 0 Å². The number of hydrogen-bond donors (Lipinski definition) is 2. The molecular formula is C18H24N4O3. The first-order chi connectivity index (χ1) is 12.0. The van der Waals surface area contributed by atoms with Crippen LogP contribution in [0, 0.1) is 0 Å². The highest BCUT2D eigenvalue weighted by atomic mass is 16.2. The van der Waals surface area contributed by atoms with Gasteiger partial charge in [-0.15, -0.1) is 0 Å². The summed E-state index contributed by atoms with van der Waals surface area (Å²) < 4.78 is 0. The first-order valence-electron chi connectivity index (χ1n) is 8.71. The first kappa shape index (κ1) is 17.4. The lowest BCUT2D eigenvalue weighted by molar-refractivity contribution is -0.138. The van der Waals surface area contributed by atoms with Crippen LogP contribution in [0.25, 0.3) is 0 Å². The predicted molar refractivity (Wildman–Crippen MR) is 94.3 cm³/mol. The zero-order valence-electron chi connectivity index (χ0n) is 14.5. The number of piperazine rings is 1. The van der Waals surface area contributed by atoms with Crippen LogP contribution in [-0.4, -0.2) is 66.3 Å². The van der Waals surface area contributed by atoms with E-state index >= 15 is 0 Å². The zero-order chi connectivity index (χ0) is 17.8. The van der Waals surface area contributed by atoms with E-state index in [1.54, 1.807) is 29.2 Å². The van der Waals surface area contributed by atoms with Crippen LogP contribution < -0.4 is 10.6 Å². The number of rotatable bonds is 3. The SMILES string of the molecule is CC(=O)Nc1ccc(C(=O)N2CCN(C3CCNCC3)C(=O)C2)cc1. The van der Waals surface area contributed by atoms with Crippen molar-refractivity contribution < 1.29 is 14.4 Å². The fourth-order valence-corrected chi connectivity index (χ4v) is 3.45. The summed E-state index contributed by atoms with van der Waals surface area (Å²) in [6, 6.07) is 7.04. The van der Waals surface area contributed by atoms with Gasteiger partial charge in [0.1, 0.15) is 6.54 Å². The lowest BCUT2D eigenvalue weighted by Crippen LogP contribution is -2.57. The topological polar surface area (TPSA) is 81.8 Å². The monoisotopic (exact) mass is 344 g/mol. The molecule has 0 unspecified atom stereocenters. The van der Waals surface area contributed by atoms with E-state index in [0.29, 0.717) is 30.4 Å². The number of nitrogens with one attached hydrogen (secondary N) is 2. The molecule has 7 nitrogen and oxygen atoms in total. The lowest BCUT2D eigenvalue weighted by atomic mass is 10.0. The Kier molecular flexibility index (Phi) is 5.33. The normalized spacial score (nSPS) is 19.0. The average molecular weight is 344 g/mol.